The fourth-order valence-corrected chi connectivity index (χ4v) is 1.02. The van der Waals surface area contributed by atoms with Gasteiger partial charge in [0.1, 0.15) is 0 Å². The second-order valence-electron chi connectivity index (χ2n) is 3.04. The van der Waals surface area contributed by atoms with Gasteiger partial charge >= 0.3 is 12.0 Å². The van der Waals surface area contributed by atoms with Crippen LogP contribution in [0.1, 0.15) is 6.42 Å². The van der Waals surface area contributed by atoms with Crippen LogP contribution in [0, 0.1) is 0 Å². The predicted octanol–water partition coefficient (Wildman–Crippen LogP) is 0.684. The molecule has 0 aliphatic rings. The lowest BCUT2D eigenvalue weighted by Crippen LogP contribution is -2.41. The van der Waals surface area contributed by atoms with Crippen LogP contribution in [0.5, 0.6) is 0 Å². The van der Waals surface area contributed by atoms with Gasteiger partial charge in [0.25, 0.3) is 0 Å². The maximum Gasteiger partial charge on any atom is 0.315 e. The van der Waals surface area contributed by atoms with Gasteiger partial charge in [-0.3, -0.25) is 4.79 Å². The van der Waals surface area contributed by atoms with E-state index in [1.165, 1.54) is 7.11 Å². The summed E-state index contributed by atoms with van der Waals surface area (Å²) in [7, 11) is 1.40. The summed E-state index contributed by atoms with van der Waals surface area (Å²) >= 11 is 3.09. The molecule has 0 aromatic carbocycles. The van der Waals surface area contributed by atoms with Crippen molar-refractivity contribution in [1.29, 1.82) is 0 Å². The zero-order valence-corrected chi connectivity index (χ0v) is 10.5. The average Bonchev–Trinajstić information content (AvgIpc) is 2.20. The predicted molar refractivity (Wildman–Crippen MR) is 62.5 cm³/mol. The van der Waals surface area contributed by atoms with E-state index < -0.39 is 18.1 Å². The molecule has 2 amide bonds. The van der Waals surface area contributed by atoms with Crippen molar-refractivity contribution in [3.63, 3.8) is 0 Å². The summed E-state index contributed by atoms with van der Waals surface area (Å²) in [5, 5.41) is 13.5. The van der Waals surface area contributed by atoms with Crippen LogP contribution in [0.2, 0.25) is 0 Å². The molecule has 0 heterocycles. The van der Waals surface area contributed by atoms with E-state index in [0.29, 0.717) is 11.0 Å². The van der Waals surface area contributed by atoms with Crippen molar-refractivity contribution in [2.24, 2.45) is 0 Å². The van der Waals surface area contributed by atoms with Gasteiger partial charge in [-0.2, -0.15) is 0 Å². The molecule has 0 saturated carbocycles. The van der Waals surface area contributed by atoms with Gasteiger partial charge in [-0.1, -0.05) is 22.5 Å². The summed E-state index contributed by atoms with van der Waals surface area (Å²) in [5.41, 5.74) is 0. The number of aliphatic carboxylic acids is 1. The highest BCUT2D eigenvalue weighted by Crippen LogP contribution is 1.97. The highest BCUT2D eigenvalue weighted by molar-refractivity contribution is 9.11. The molecule has 0 aromatic rings. The molecular weight excluding hydrogens is 280 g/mol. The second kappa shape index (κ2) is 8.12. The van der Waals surface area contributed by atoms with Crippen molar-refractivity contribution in [3.05, 3.63) is 11.1 Å². The fourth-order valence-electron chi connectivity index (χ4n) is 0.879. The number of methoxy groups -OCH3 is 1. The van der Waals surface area contributed by atoms with E-state index in [4.69, 9.17) is 9.84 Å². The standard InChI is InChI=1S/C9H15BrN2O4/c1-6(10)4-11-9(15)12-5-7(16-2)3-8(13)14/h7H,1,3-5H2,2H3,(H,13,14)(H2,11,12,15). The molecular formula is C9H15BrN2O4. The summed E-state index contributed by atoms with van der Waals surface area (Å²) in [6.07, 6.45) is -0.683. The average molecular weight is 295 g/mol. The molecule has 0 bridgehead atoms. The molecule has 1 unspecified atom stereocenters. The molecule has 0 rings (SSSR count). The Balaban J connectivity index is 3.79. The van der Waals surface area contributed by atoms with Crippen molar-refractivity contribution in [2.75, 3.05) is 20.2 Å². The maximum atomic E-state index is 11.2. The zero-order chi connectivity index (χ0) is 12.6. The number of carboxylic acids is 1. The van der Waals surface area contributed by atoms with Gasteiger partial charge in [0, 0.05) is 18.1 Å². The third-order valence-corrected chi connectivity index (χ3v) is 1.95. The molecule has 6 nitrogen and oxygen atoms in total. The molecule has 1 atom stereocenters. The topological polar surface area (TPSA) is 87.7 Å². The number of carboxylic acid groups (broad SMARTS) is 1. The Morgan fingerprint density at radius 3 is 2.56 bits per heavy atom. The minimum Gasteiger partial charge on any atom is -0.481 e. The van der Waals surface area contributed by atoms with Crippen LogP contribution in [0.15, 0.2) is 11.1 Å². The van der Waals surface area contributed by atoms with E-state index >= 15 is 0 Å². The maximum absolute atomic E-state index is 11.2. The zero-order valence-electron chi connectivity index (χ0n) is 8.96. The number of hydrogen-bond donors (Lipinski definition) is 3. The lowest BCUT2D eigenvalue weighted by Gasteiger charge is -2.14. The first-order chi connectivity index (χ1) is 7.45. The number of ether oxygens (including phenoxy) is 1. The summed E-state index contributed by atoms with van der Waals surface area (Å²) in [4.78, 5) is 21.6. The summed E-state index contributed by atoms with van der Waals surface area (Å²) < 4.78 is 5.54. The molecule has 7 heteroatoms. The Morgan fingerprint density at radius 1 is 1.50 bits per heavy atom. The Bertz CT molecular complexity index is 270. The van der Waals surface area contributed by atoms with E-state index in [1.54, 1.807) is 0 Å². The summed E-state index contributed by atoms with van der Waals surface area (Å²) in [6.45, 7) is 4.00. The molecule has 0 saturated heterocycles. The van der Waals surface area contributed by atoms with Crippen molar-refractivity contribution in [3.8, 4) is 0 Å². The normalized spacial score (nSPS) is 11.6. The van der Waals surface area contributed by atoms with Gasteiger partial charge < -0.3 is 20.5 Å². The number of hydrogen-bond acceptors (Lipinski definition) is 3. The highest BCUT2D eigenvalue weighted by Gasteiger charge is 2.13. The number of halogens is 1. The Hall–Kier alpha value is -1.08. The minimum absolute atomic E-state index is 0.142. The lowest BCUT2D eigenvalue weighted by atomic mass is 10.2. The largest absolute Gasteiger partial charge is 0.481 e. The van der Waals surface area contributed by atoms with Crippen LogP contribution < -0.4 is 10.6 Å². The van der Waals surface area contributed by atoms with Crippen LogP contribution in [0.4, 0.5) is 4.79 Å². The molecule has 0 radical (unpaired) electrons. The molecule has 3 N–H and O–H groups in total. The molecule has 0 fully saturated rings. The first kappa shape index (κ1) is 14.9. The van der Waals surface area contributed by atoms with E-state index in [0.717, 1.165) is 0 Å². The van der Waals surface area contributed by atoms with Crippen LogP contribution in [-0.4, -0.2) is 43.4 Å². The monoisotopic (exact) mass is 294 g/mol. The SMILES string of the molecule is C=C(Br)CNC(=O)NCC(CC(=O)O)OC. The smallest absolute Gasteiger partial charge is 0.315 e. The molecule has 92 valence electrons. The molecule has 0 aliphatic heterocycles. The highest BCUT2D eigenvalue weighted by atomic mass is 79.9. The number of amides is 2. The Kier molecular flexibility index (Phi) is 7.57. The van der Waals surface area contributed by atoms with E-state index in [9.17, 15) is 9.59 Å². The van der Waals surface area contributed by atoms with E-state index in [1.807, 2.05) is 0 Å². The third-order valence-electron chi connectivity index (χ3n) is 1.67. The lowest BCUT2D eigenvalue weighted by molar-refractivity contribution is -0.139. The molecule has 0 aromatic heterocycles. The summed E-state index contributed by atoms with van der Waals surface area (Å²) in [5.74, 6) is -0.970. The van der Waals surface area contributed by atoms with Crippen molar-refractivity contribution in [1.82, 2.24) is 10.6 Å². The van der Waals surface area contributed by atoms with Gasteiger partial charge in [0.2, 0.25) is 0 Å². The second-order valence-corrected chi connectivity index (χ2v) is 4.16. The van der Waals surface area contributed by atoms with Crippen LogP contribution in [-0.2, 0) is 9.53 Å². The van der Waals surface area contributed by atoms with Crippen LogP contribution in [0.25, 0.3) is 0 Å². The first-order valence-electron chi connectivity index (χ1n) is 4.55. The minimum atomic E-state index is -0.970. The Labute approximate surface area is 102 Å². The van der Waals surface area contributed by atoms with Crippen molar-refractivity contribution in [2.45, 2.75) is 12.5 Å². The number of rotatable bonds is 7. The van der Waals surface area contributed by atoms with Crippen molar-refractivity contribution < 1.29 is 19.4 Å². The van der Waals surface area contributed by atoms with Gasteiger partial charge in [0.15, 0.2) is 0 Å². The van der Waals surface area contributed by atoms with Crippen molar-refractivity contribution >= 4 is 27.9 Å². The first-order valence-corrected chi connectivity index (χ1v) is 5.34. The molecule has 16 heavy (non-hydrogen) atoms. The van der Waals surface area contributed by atoms with Crippen LogP contribution >= 0.6 is 15.9 Å². The quantitative estimate of drug-likeness (QED) is 0.644. The van der Waals surface area contributed by atoms with Gasteiger partial charge in [-0.05, 0) is 0 Å². The summed E-state index contributed by atoms with van der Waals surface area (Å²) in [6, 6.07) is -0.395. The van der Waals surface area contributed by atoms with Crippen LogP contribution in [0.3, 0.4) is 0 Å². The third kappa shape index (κ3) is 8.25. The van der Waals surface area contributed by atoms with E-state index in [-0.39, 0.29) is 13.0 Å². The molecule has 0 spiro atoms. The van der Waals surface area contributed by atoms with Gasteiger partial charge in [0.05, 0.1) is 19.1 Å². The van der Waals surface area contributed by atoms with E-state index in [2.05, 4.69) is 33.1 Å². The number of nitrogens with one attached hydrogen (secondary N) is 2. The van der Waals surface area contributed by atoms with Gasteiger partial charge in [-0.15, -0.1) is 0 Å². The number of carbonyl (C=O) groups excluding carboxylic acids is 1. The fraction of sp³-hybridized carbons (Fsp3) is 0.556. The number of urea groups is 1. The molecule has 0 aliphatic carbocycles. The number of carbonyl (C=O) groups is 2. The Morgan fingerprint density at radius 2 is 2.12 bits per heavy atom. The van der Waals surface area contributed by atoms with Gasteiger partial charge in [-0.25, -0.2) is 4.79 Å².